The third-order valence-electron chi connectivity index (χ3n) is 5.62. The molecule has 33 heavy (non-hydrogen) atoms. The molecule has 0 saturated heterocycles. The maximum absolute atomic E-state index is 11.2. The van der Waals surface area contributed by atoms with Crippen LogP contribution in [-0.4, -0.2) is 37.1 Å². The van der Waals surface area contributed by atoms with Crippen molar-refractivity contribution in [3.63, 3.8) is 0 Å². The van der Waals surface area contributed by atoms with Crippen LogP contribution in [-0.2, 0) is 21.4 Å². The molecule has 168 valence electrons. The molecule has 0 amide bonds. The van der Waals surface area contributed by atoms with E-state index in [-0.39, 0.29) is 11.8 Å². The highest BCUT2D eigenvalue weighted by molar-refractivity contribution is 5.93. The molecule has 0 unspecified atom stereocenters. The van der Waals surface area contributed by atoms with Crippen molar-refractivity contribution in [3.05, 3.63) is 71.8 Å². The molecule has 0 aliphatic heterocycles. The van der Waals surface area contributed by atoms with Crippen LogP contribution in [0.1, 0.15) is 31.9 Å². The lowest BCUT2D eigenvalue weighted by Crippen LogP contribution is -2.25. The lowest BCUT2D eigenvalue weighted by molar-refractivity contribution is -0.154. The van der Waals surface area contributed by atoms with E-state index >= 15 is 0 Å². The minimum atomic E-state index is -1.49. The van der Waals surface area contributed by atoms with Crippen LogP contribution in [0.5, 0.6) is 0 Å². The fourth-order valence-electron chi connectivity index (χ4n) is 3.69. The molecule has 0 saturated carbocycles. The number of rotatable bonds is 6. The summed E-state index contributed by atoms with van der Waals surface area (Å²) in [6, 6.07) is 19.3. The number of hydrogen-bond acceptors (Lipinski definition) is 4. The molecule has 0 bridgehead atoms. The summed E-state index contributed by atoms with van der Waals surface area (Å²) >= 11 is 0. The van der Waals surface area contributed by atoms with E-state index in [1.54, 1.807) is 18.2 Å². The lowest BCUT2D eigenvalue weighted by atomic mass is 9.86. The number of nitrogens with zero attached hydrogens (tertiary/aromatic N) is 2. The molecule has 2 aromatic heterocycles. The molecule has 7 heteroatoms. The number of carbonyl (C=O) groups is 2. The first-order valence-electron chi connectivity index (χ1n) is 10.6. The number of aromatic nitrogens is 3. The molecule has 0 radical (unpaired) electrons. The van der Waals surface area contributed by atoms with Crippen LogP contribution >= 0.6 is 0 Å². The van der Waals surface area contributed by atoms with Gasteiger partial charge in [0.1, 0.15) is 5.69 Å². The van der Waals surface area contributed by atoms with Gasteiger partial charge in [0.05, 0.1) is 16.7 Å². The Hall–Kier alpha value is -4.00. The highest BCUT2D eigenvalue weighted by Crippen LogP contribution is 2.27. The molecule has 4 aromatic rings. The second-order valence-corrected chi connectivity index (χ2v) is 9.11. The van der Waals surface area contributed by atoms with Crippen LogP contribution in [0, 0.1) is 5.92 Å². The fraction of sp³-hybridized carbons (Fsp3) is 0.231. The third kappa shape index (κ3) is 4.77. The highest BCUT2D eigenvalue weighted by Gasteiger charge is 2.26. The number of aliphatic carboxylic acids is 2. The number of carboxylic acid groups (broad SMARTS) is 2. The lowest BCUT2D eigenvalue weighted by Gasteiger charge is -2.19. The van der Waals surface area contributed by atoms with Crippen LogP contribution in [0.3, 0.4) is 0 Å². The highest BCUT2D eigenvalue weighted by atomic mass is 16.4. The molecule has 2 heterocycles. The zero-order valence-corrected chi connectivity index (χ0v) is 18.7. The van der Waals surface area contributed by atoms with E-state index in [2.05, 4.69) is 55.0 Å². The van der Waals surface area contributed by atoms with Crippen molar-refractivity contribution in [2.24, 2.45) is 5.92 Å². The largest absolute Gasteiger partial charge is 0.481 e. The number of nitrogens with one attached hydrogen (secondary N) is 1. The normalized spacial score (nSPS) is 11.8. The quantitative estimate of drug-likeness (QED) is 0.364. The Morgan fingerprint density at radius 3 is 2.21 bits per heavy atom. The summed E-state index contributed by atoms with van der Waals surface area (Å²) in [5, 5.41) is 18.3. The third-order valence-corrected chi connectivity index (χ3v) is 5.62. The molecule has 7 nitrogen and oxygen atoms in total. The van der Waals surface area contributed by atoms with E-state index in [9.17, 15) is 9.59 Å². The van der Waals surface area contributed by atoms with Gasteiger partial charge in [-0.2, -0.15) is 0 Å². The second-order valence-electron chi connectivity index (χ2n) is 9.11. The summed E-state index contributed by atoms with van der Waals surface area (Å²) in [5.41, 5.74) is 5.85. The van der Waals surface area contributed by atoms with Gasteiger partial charge in [-0.3, -0.25) is 9.59 Å². The summed E-state index contributed by atoms with van der Waals surface area (Å²) in [5.74, 6) is -3.62. The topological polar surface area (TPSA) is 116 Å². The minimum absolute atomic E-state index is 0.0793. The maximum atomic E-state index is 11.2. The minimum Gasteiger partial charge on any atom is -0.481 e. The van der Waals surface area contributed by atoms with E-state index in [0.717, 1.165) is 11.3 Å². The van der Waals surface area contributed by atoms with Gasteiger partial charge in [-0.1, -0.05) is 57.2 Å². The van der Waals surface area contributed by atoms with Crippen molar-refractivity contribution in [3.8, 4) is 22.8 Å². The Kier molecular flexibility index (Phi) is 5.72. The van der Waals surface area contributed by atoms with Crippen molar-refractivity contribution >= 4 is 23.0 Å². The Labute approximate surface area is 191 Å². The van der Waals surface area contributed by atoms with Crippen molar-refractivity contribution in [1.82, 2.24) is 15.0 Å². The zero-order valence-electron chi connectivity index (χ0n) is 18.7. The molecule has 4 rings (SSSR count). The maximum Gasteiger partial charge on any atom is 0.318 e. The first-order chi connectivity index (χ1) is 15.6. The van der Waals surface area contributed by atoms with Gasteiger partial charge in [0.2, 0.25) is 0 Å². The molecule has 0 fully saturated rings. The zero-order chi connectivity index (χ0) is 23.8. The average molecular weight is 444 g/mol. The Morgan fingerprint density at radius 2 is 1.58 bits per heavy atom. The van der Waals surface area contributed by atoms with Crippen LogP contribution in [0.25, 0.3) is 33.8 Å². The van der Waals surface area contributed by atoms with Crippen molar-refractivity contribution in [2.45, 2.75) is 32.6 Å². The molecule has 0 spiro atoms. The van der Waals surface area contributed by atoms with Gasteiger partial charge in [0, 0.05) is 5.56 Å². The van der Waals surface area contributed by atoms with Crippen LogP contribution < -0.4 is 0 Å². The number of benzene rings is 2. The van der Waals surface area contributed by atoms with Gasteiger partial charge in [-0.05, 0) is 47.2 Å². The predicted octanol–water partition coefficient (Wildman–Crippen LogP) is 4.92. The van der Waals surface area contributed by atoms with Crippen LogP contribution in [0.2, 0.25) is 0 Å². The van der Waals surface area contributed by atoms with E-state index in [4.69, 9.17) is 15.2 Å². The first-order valence-corrected chi connectivity index (χ1v) is 10.6. The summed E-state index contributed by atoms with van der Waals surface area (Å²) < 4.78 is 0. The molecule has 2 aromatic carbocycles. The number of pyridine rings is 1. The second kappa shape index (κ2) is 8.50. The van der Waals surface area contributed by atoms with Gasteiger partial charge in [0.15, 0.2) is 11.7 Å². The van der Waals surface area contributed by atoms with E-state index < -0.39 is 17.9 Å². The van der Waals surface area contributed by atoms with Crippen molar-refractivity contribution in [1.29, 1.82) is 0 Å². The average Bonchev–Trinajstić information content (AvgIpc) is 3.20. The molecule has 0 aliphatic rings. The number of carboxylic acids is 2. The molecular formula is C26H25N3O4. The number of aromatic amines is 1. The fourth-order valence-corrected chi connectivity index (χ4v) is 3.69. The van der Waals surface area contributed by atoms with Gasteiger partial charge < -0.3 is 15.2 Å². The smallest absolute Gasteiger partial charge is 0.318 e. The van der Waals surface area contributed by atoms with E-state index in [1.807, 2.05) is 18.2 Å². The van der Waals surface area contributed by atoms with E-state index in [1.165, 1.54) is 5.56 Å². The standard InChI is InChI=1S/C26H25N3O4/c1-26(2,3)17-10-8-16(9-11-17)19-5-4-6-21(27-19)23-28-20-12-7-15(14-22(20)29-23)13-18(24(30)31)25(32)33/h4-12,14,18H,13H2,1-3H3,(H,28,29)(H,30,31)(H,32,33). The Bertz CT molecular complexity index is 1320. The predicted molar refractivity (Wildman–Crippen MR) is 126 cm³/mol. The van der Waals surface area contributed by atoms with Crippen LogP contribution in [0.4, 0.5) is 0 Å². The number of imidazole rings is 1. The summed E-state index contributed by atoms with van der Waals surface area (Å²) in [6.07, 6.45) is -0.104. The summed E-state index contributed by atoms with van der Waals surface area (Å²) in [7, 11) is 0. The van der Waals surface area contributed by atoms with Gasteiger partial charge in [-0.15, -0.1) is 0 Å². The Balaban J connectivity index is 1.63. The summed E-state index contributed by atoms with van der Waals surface area (Å²) in [6.45, 7) is 6.53. The summed E-state index contributed by atoms with van der Waals surface area (Å²) in [4.78, 5) is 35.0. The molecule has 3 N–H and O–H groups in total. The molecule has 0 aliphatic carbocycles. The monoisotopic (exact) mass is 443 g/mol. The number of H-pyrrole nitrogens is 1. The Morgan fingerprint density at radius 1 is 0.909 bits per heavy atom. The van der Waals surface area contributed by atoms with Gasteiger partial charge >= 0.3 is 11.9 Å². The van der Waals surface area contributed by atoms with Gasteiger partial charge in [-0.25, -0.2) is 9.97 Å². The van der Waals surface area contributed by atoms with Crippen LogP contribution in [0.15, 0.2) is 60.7 Å². The van der Waals surface area contributed by atoms with Crippen molar-refractivity contribution < 1.29 is 19.8 Å². The number of hydrogen-bond donors (Lipinski definition) is 3. The molecule has 0 atom stereocenters. The van der Waals surface area contributed by atoms with Gasteiger partial charge in [0.25, 0.3) is 0 Å². The SMILES string of the molecule is CC(C)(C)c1ccc(-c2cccc(-c3nc4ccc(CC(C(=O)O)C(=O)O)cc4[nH]3)n2)cc1. The van der Waals surface area contributed by atoms with E-state index in [0.29, 0.717) is 28.1 Å². The first kappa shape index (κ1) is 22.2. The van der Waals surface area contributed by atoms with Crippen molar-refractivity contribution in [2.75, 3.05) is 0 Å². The molecular weight excluding hydrogens is 418 g/mol. The number of fused-ring (bicyclic) bond motifs is 1.